The maximum absolute atomic E-state index is 13.6. The summed E-state index contributed by atoms with van der Waals surface area (Å²) in [6, 6.07) is 13.7. The van der Waals surface area contributed by atoms with E-state index in [4.69, 9.17) is 0 Å². The zero-order valence-electron chi connectivity index (χ0n) is 17.1. The summed E-state index contributed by atoms with van der Waals surface area (Å²) in [6.07, 6.45) is 7.04. The first-order valence-corrected chi connectivity index (χ1v) is 10.6. The van der Waals surface area contributed by atoms with E-state index in [0.29, 0.717) is 0 Å². The average molecular weight is 403 g/mol. The van der Waals surface area contributed by atoms with Crippen LogP contribution in [0.2, 0.25) is 0 Å². The number of halogens is 1. The molecule has 2 aromatic carbocycles. The van der Waals surface area contributed by atoms with Crippen molar-refractivity contribution in [3.8, 4) is 0 Å². The van der Waals surface area contributed by atoms with Gasteiger partial charge in [-0.05, 0) is 48.4 Å². The second-order valence-electron chi connectivity index (χ2n) is 8.05. The minimum atomic E-state index is -0.173. The number of anilines is 1. The van der Waals surface area contributed by atoms with Gasteiger partial charge in [-0.15, -0.1) is 6.58 Å². The molecular weight excluding hydrogens is 375 g/mol. The Balaban J connectivity index is 1.24. The van der Waals surface area contributed by atoms with Gasteiger partial charge >= 0.3 is 0 Å². The smallest absolute Gasteiger partial charge is 0.123 e. The van der Waals surface area contributed by atoms with Crippen molar-refractivity contribution in [1.29, 1.82) is 0 Å². The van der Waals surface area contributed by atoms with Gasteiger partial charge in [0, 0.05) is 73.6 Å². The lowest BCUT2D eigenvalue weighted by Gasteiger charge is -2.36. The van der Waals surface area contributed by atoms with Crippen molar-refractivity contribution in [2.75, 3.05) is 37.6 Å². The first kappa shape index (κ1) is 18.9. The molecule has 4 aromatic rings. The fraction of sp³-hybridized carbons (Fsp3) is 0.280. The van der Waals surface area contributed by atoms with Crippen LogP contribution in [0, 0.1) is 5.82 Å². The molecule has 0 unspecified atom stereocenters. The van der Waals surface area contributed by atoms with Crippen molar-refractivity contribution >= 4 is 27.5 Å². The Bertz CT molecular complexity index is 1180. The SMILES string of the molecule is C=CCn1ccc2c(N3CCN(CCc4c[nH]c5ccc(F)cc45)CC3)cccc21. The standard InChI is InChI=1S/C25H27FN4/c1-2-10-29-12-9-21-24(29)4-3-5-25(21)30-15-13-28(14-16-30)11-8-19-18-27-23-7-6-20(26)17-22(19)23/h2-7,9,12,17-18,27H,1,8,10-11,13-16H2. The Kier molecular flexibility index (Phi) is 5.05. The van der Waals surface area contributed by atoms with Crippen LogP contribution in [-0.4, -0.2) is 47.2 Å². The number of fused-ring (bicyclic) bond motifs is 2. The van der Waals surface area contributed by atoms with E-state index in [1.54, 1.807) is 6.07 Å². The largest absolute Gasteiger partial charge is 0.368 e. The summed E-state index contributed by atoms with van der Waals surface area (Å²) < 4.78 is 15.9. The summed E-state index contributed by atoms with van der Waals surface area (Å²) in [5.74, 6) is -0.173. The molecule has 0 saturated carbocycles. The van der Waals surface area contributed by atoms with Crippen LogP contribution in [0.15, 0.2) is 67.5 Å². The van der Waals surface area contributed by atoms with Crippen LogP contribution in [0.3, 0.4) is 0 Å². The van der Waals surface area contributed by atoms with Crippen molar-refractivity contribution in [2.45, 2.75) is 13.0 Å². The van der Waals surface area contributed by atoms with Gasteiger partial charge in [-0.1, -0.05) is 12.1 Å². The molecular formula is C25H27FN4. The van der Waals surface area contributed by atoms with Crippen LogP contribution in [0.1, 0.15) is 5.56 Å². The van der Waals surface area contributed by atoms with Crippen LogP contribution in [0.25, 0.3) is 21.8 Å². The highest BCUT2D eigenvalue weighted by atomic mass is 19.1. The molecule has 5 heteroatoms. The highest BCUT2D eigenvalue weighted by molar-refractivity contribution is 5.93. The van der Waals surface area contributed by atoms with Crippen molar-refractivity contribution in [3.63, 3.8) is 0 Å². The lowest BCUT2D eigenvalue weighted by molar-refractivity contribution is 0.261. The number of nitrogens with zero attached hydrogens (tertiary/aromatic N) is 3. The molecule has 3 heterocycles. The molecule has 0 aliphatic carbocycles. The first-order valence-electron chi connectivity index (χ1n) is 10.6. The maximum atomic E-state index is 13.6. The van der Waals surface area contributed by atoms with Crippen LogP contribution in [0.4, 0.5) is 10.1 Å². The van der Waals surface area contributed by atoms with Gasteiger partial charge in [-0.25, -0.2) is 4.39 Å². The Labute approximate surface area is 176 Å². The van der Waals surface area contributed by atoms with E-state index in [-0.39, 0.29) is 5.82 Å². The number of piperazine rings is 1. The molecule has 1 saturated heterocycles. The molecule has 5 rings (SSSR count). The summed E-state index contributed by atoms with van der Waals surface area (Å²) in [5, 5.41) is 2.32. The number of H-pyrrole nitrogens is 1. The summed E-state index contributed by atoms with van der Waals surface area (Å²) in [7, 11) is 0. The Morgan fingerprint density at radius 3 is 2.73 bits per heavy atom. The molecule has 154 valence electrons. The number of hydrogen-bond acceptors (Lipinski definition) is 2. The summed E-state index contributed by atoms with van der Waals surface area (Å²) in [4.78, 5) is 8.27. The van der Waals surface area contributed by atoms with E-state index >= 15 is 0 Å². The number of aromatic amines is 1. The fourth-order valence-corrected chi connectivity index (χ4v) is 4.63. The molecule has 4 nitrogen and oxygen atoms in total. The van der Waals surface area contributed by atoms with Gasteiger partial charge in [-0.3, -0.25) is 4.90 Å². The lowest BCUT2D eigenvalue weighted by Crippen LogP contribution is -2.47. The van der Waals surface area contributed by atoms with E-state index in [9.17, 15) is 4.39 Å². The van der Waals surface area contributed by atoms with Crippen LogP contribution >= 0.6 is 0 Å². The first-order chi connectivity index (χ1) is 14.7. The third-order valence-electron chi connectivity index (χ3n) is 6.26. The number of aromatic nitrogens is 2. The summed E-state index contributed by atoms with van der Waals surface area (Å²) >= 11 is 0. The van der Waals surface area contributed by atoms with Crippen molar-refractivity contribution in [1.82, 2.24) is 14.5 Å². The molecule has 0 radical (unpaired) electrons. The van der Waals surface area contributed by atoms with E-state index in [2.05, 4.69) is 56.4 Å². The summed E-state index contributed by atoms with van der Waals surface area (Å²) in [6.45, 7) is 9.82. The molecule has 1 fully saturated rings. The van der Waals surface area contributed by atoms with E-state index in [1.165, 1.54) is 28.2 Å². The average Bonchev–Trinajstić information content (AvgIpc) is 3.37. The lowest BCUT2D eigenvalue weighted by atomic mass is 10.1. The topological polar surface area (TPSA) is 27.2 Å². The quantitative estimate of drug-likeness (QED) is 0.469. The zero-order chi connectivity index (χ0) is 20.5. The molecule has 2 aromatic heterocycles. The predicted octanol–water partition coefficient (Wildman–Crippen LogP) is 4.81. The predicted molar refractivity (Wildman–Crippen MR) is 123 cm³/mol. The Hall–Kier alpha value is -3.05. The van der Waals surface area contributed by atoms with Gasteiger partial charge in [-0.2, -0.15) is 0 Å². The zero-order valence-corrected chi connectivity index (χ0v) is 17.1. The monoisotopic (exact) mass is 402 g/mol. The van der Waals surface area contributed by atoms with E-state index < -0.39 is 0 Å². The van der Waals surface area contributed by atoms with Crippen molar-refractivity contribution in [3.05, 3.63) is 78.9 Å². The highest BCUT2D eigenvalue weighted by Gasteiger charge is 2.19. The molecule has 0 amide bonds. The Morgan fingerprint density at radius 1 is 1.03 bits per heavy atom. The number of benzene rings is 2. The fourth-order valence-electron chi connectivity index (χ4n) is 4.63. The number of rotatable bonds is 6. The minimum Gasteiger partial charge on any atom is -0.368 e. The van der Waals surface area contributed by atoms with E-state index in [0.717, 1.165) is 56.6 Å². The van der Waals surface area contributed by atoms with Gasteiger partial charge < -0.3 is 14.5 Å². The number of nitrogens with one attached hydrogen (secondary N) is 1. The van der Waals surface area contributed by atoms with Crippen molar-refractivity contribution < 1.29 is 4.39 Å². The molecule has 1 aliphatic rings. The maximum Gasteiger partial charge on any atom is 0.123 e. The van der Waals surface area contributed by atoms with Crippen molar-refractivity contribution in [2.24, 2.45) is 0 Å². The molecule has 1 aliphatic heterocycles. The van der Waals surface area contributed by atoms with Gasteiger partial charge in [0.05, 0.1) is 5.52 Å². The Morgan fingerprint density at radius 2 is 1.90 bits per heavy atom. The molecule has 0 spiro atoms. The third kappa shape index (κ3) is 3.50. The number of allylic oxidation sites excluding steroid dienone is 1. The number of hydrogen-bond donors (Lipinski definition) is 1. The van der Waals surface area contributed by atoms with Crippen LogP contribution in [0.5, 0.6) is 0 Å². The third-order valence-corrected chi connectivity index (χ3v) is 6.26. The minimum absolute atomic E-state index is 0.173. The van der Waals surface area contributed by atoms with E-state index in [1.807, 2.05) is 18.3 Å². The second-order valence-corrected chi connectivity index (χ2v) is 8.05. The highest BCUT2D eigenvalue weighted by Crippen LogP contribution is 2.29. The van der Waals surface area contributed by atoms with Gasteiger partial charge in [0.1, 0.15) is 5.82 Å². The van der Waals surface area contributed by atoms with Crippen LogP contribution < -0.4 is 4.90 Å². The second kappa shape index (κ2) is 8.00. The molecule has 1 N–H and O–H groups in total. The molecule has 0 atom stereocenters. The molecule has 0 bridgehead atoms. The van der Waals surface area contributed by atoms with Gasteiger partial charge in [0.25, 0.3) is 0 Å². The van der Waals surface area contributed by atoms with Gasteiger partial charge in [0.15, 0.2) is 0 Å². The van der Waals surface area contributed by atoms with Gasteiger partial charge in [0.2, 0.25) is 0 Å². The molecule has 30 heavy (non-hydrogen) atoms. The normalized spacial score (nSPS) is 15.3. The summed E-state index contributed by atoms with van der Waals surface area (Å²) in [5.41, 5.74) is 4.79. The van der Waals surface area contributed by atoms with Crippen LogP contribution in [-0.2, 0) is 13.0 Å².